The summed E-state index contributed by atoms with van der Waals surface area (Å²) >= 11 is 6.35. The number of hydrogen-bond acceptors (Lipinski definition) is 9. The molecule has 0 aliphatic carbocycles. The monoisotopic (exact) mass is 498 g/mol. The van der Waals surface area contributed by atoms with Crippen LogP contribution in [-0.2, 0) is 11.3 Å². The molecule has 4 aromatic rings. The van der Waals surface area contributed by atoms with Crippen LogP contribution in [0.4, 0.5) is 21.7 Å². The number of carbonyl (C=O) groups is 1. The van der Waals surface area contributed by atoms with Crippen LogP contribution in [0.25, 0.3) is 11.5 Å². The number of nitrogens with one attached hydrogen (secondary N) is 2. The van der Waals surface area contributed by atoms with Crippen LogP contribution in [0.15, 0.2) is 59.5 Å². The zero-order valence-electron chi connectivity index (χ0n) is 18.2. The normalized spacial score (nSPS) is 10.7. The molecule has 0 bridgehead atoms. The van der Waals surface area contributed by atoms with Gasteiger partial charge in [-0.3, -0.25) is 4.79 Å². The Hall–Kier alpha value is -4.22. The van der Waals surface area contributed by atoms with Crippen molar-refractivity contribution >= 4 is 34.8 Å². The first kappa shape index (κ1) is 23.9. The number of ether oxygens (including phenoxy) is 1. The predicted molar refractivity (Wildman–Crippen MR) is 127 cm³/mol. The molecule has 5 N–H and O–H groups in total. The number of nitrogen functional groups attached to an aromatic ring is 1. The summed E-state index contributed by atoms with van der Waals surface area (Å²) in [6.45, 7) is -0.138. The number of benzene rings is 2. The molecule has 180 valence electrons. The Morgan fingerprint density at radius 3 is 2.80 bits per heavy atom. The molecular weight excluding hydrogens is 479 g/mol. The van der Waals surface area contributed by atoms with Gasteiger partial charge in [-0.05, 0) is 30.3 Å². The Balaban J connectivity index is 1.53. The Morgan fingerprint density at radius 2 is 2.03 bits per heavy atom. The molecule has 0 saturated carbocycles. The quantitative estimate of drug-likeness (QED) is 0.268. The highest BCUT2D eigenvalue weighted by Crippen LogP contribution is 2.36. The third-order valence-electron chi connectivity index (χ3n) is 4.70. The minimum absolute atomic E-state index is 0.00900. The van der Waals surface area contributed by atoms with Crippen molar-refractivity contribution in [2.75, 3.05) is 17.7 Å². The fourth-order valence-corrected chi connectivity index (χ4v) is 3.25. The zero-order chi connectivity index (χ0) is 24.8. The van der Waals surface area contributed by atoms with Crippen molar-refractivity contribution in [3.05, 3.63) is 71.6 Å². The summed E-state index contributed by atoms with van der Waals surface area (Å²) in [5.41, 5.74) is 7.35. The fourth-order valence-electron chi connectivity index (χ4n) is 3.03. The predicted octanol–water partition coefficient (Wildman–Crippen LogP) is 4.04. The zero-order valence-corrected chi connectivity index (χ0v) is 18.9. The van der Waals surface area contributed by atoms with E-state index in [-0.39, 0.29) is 53.7 Å². The number of oxazole rings is 1. The lowest BCUT2D eigenvalue weighted by Gasteiger charge is -2.12. The first-order chi connectivity index (χ1) is 16.9. The van der Waals surface area contributed by atoms with Crippen molar-refractivity contribution in [2.24, 2.45) is 0 Å². The van der Waals surface area contributed by atoms with E-state index in [0.717, 1.165) is 0 Å². The molecule has 0 aliphatic rings. The van der Waals surface area contributed by atoms with Crippen LogP contribution in [0.3, 0.4) is 0 Å². The summed E-state index contributed by atoms with van der Waals surface area (Å²) in [6.07, 6.45) is 2.64. The van der Waals surface area contributed by atoms with Gasteiger partial charge in [-0.25, -0.2) is 19.3 Å². The van der Waals surface area contributed by atoms with Crippen molar-refractivity contribution in [3.8, 4) is 23.0 Å². The van der Waals surface area contributed by atoms with Gasteiger partial charge in [-0.15, -0.1) is 0 Å². The molecule has 0 fully saturated rings. The number of rotatable bonds is 9. The van der Waals surface area contributed by atoms with Crippen LogP contribution in [0.2, 0.25) is 5.02 Å². The maximum Gasteiger partial charge on any atom is 0.233 e. The number of para-hydroxylation sites is 1. The van der Waals surface area contributed by atoms with Crippen LogP contribution in [0, 0.1) is 5.82 Å². The van der Waals surface area contributed by atoms with Crippen LogP contribution < -0.4 is 21.1 Å². The number of nitrogens with two attached hydrogens (primary N) is 1. The maximum atomic E-state index is 13.9. The number of nitrogens with zero attached hydrogens (tertiary/aromatic N) is 3. The Bertz CT molecular complexity index is 1350. The number of aliphatic hydroxyl groups is 1. The smallest absolute Gasteiger partial charge is 0.233 e. The minimum Gasteiger partial charge on any atom is -0.453 e. The van der Waals surface area contributed by atoms with Crippen LogP contribution in [0.1, 0.15) is 12.1 Å². The van der Waals surface area contributed by atoms with E-state index >= 15 is 0 Å². The van der Waals surface area contributed by atoms with Gasteiger partial charge in [0.2, 0.25) is 11.8 Å². The third kappa shape index (κ3) is 5.83. The van der Waals surface area contributed by atoms with Gasteiger partial charge in [0, 0.05) is 12.1 Å². The molecule has 0 atom stereocenters. The first-order valence-corrected chi connectivity index (χ1v) is 10.7. The summed E-state index contributed by atoms with van der Waals surface area (Å²) < 4.78 is 25.0. The van der Waals surface area contributed by atoms with Crippen LogP contribution in [0.5, 0.6) is 11.5 Å². The Labute approximate surface area is 203 Å². The Kier molecular flexibility index (Phi) is 7.38. The first-order valence-electron chi connectivity index (χ1n) is 10.4. The number of aliphatic hydroxyl groups excluding tert-OH is 1. The van der Waals surface area contributed by atoms with Gasteiger partial charge in [-0.1, -0.05) is 23.7 Å². The molecule has 35 heavy (non-hydrogen) atoms. The summed E-state index contributed by atoms with van der Waals surface area (Å²) in [4.78, 5) is 24.1. The van der Waals surface area contributed by atoms with Crippen molar-refractivity contribution in [2.45, 2.75) is 13.0 Å². The van der Waals surface area contributed by atoms with E-state index in [0.29, 0.717) is 22.8 Å². The second-order valence-electron chi connectivity index (χ2n) is 7.18. The van der Waals surface area contributed by atoms with Crippen molar-refractivity contribution in [3.63, 3.8) is 0 Å². The molecular formula is C23H20ClFN6O4. The molecule has 4 rings (SSSR count). The lowest BCUT2D eigenvalue weighted by Crippen LogP contribution is -2.23. The van der Waals surface area contributed by atoms with Gasteiger partial charge in [0.1, 0.15) is 35.5 Å². The largest absolute Gasteiger partial charge is 0.453 e. The average Bonchev–Trinajstić information content (AvgIpc) is 3.29. The standard InChI is InChI=1S/C23H20ClFN6O4/c24-15-9-13(5-6-17(15)35-18-4-2-1-3-16(18)25)30-22-20(21(26)28-12-29-22)23-31-14(11-34-23)10-27-19(33)7-8-32/h1-6,9,11-12,32H,7-8,10H2,(H,27,33)(H3,26,28,29,30). The highest BCUT2D eigenvalue weighted by molar-refractivity contribution is 6.32. The van der Waals surface area contributed by atoms with Gasteiger partial charge in [0.05, 0.1) is 23.9 Å². The van der Waals surface area contributed by atoms with E-state index in [1.165, 1.54) is 24.7 Å². The molecule has 2 aromatic heterocycles. The summed E-state index contributed by atoms with van der Waals surface area (Å²) in [5.74, 6) is 0.0486. The molecule has 0 saturated heterocycles. The number of halogens is 2. The van der Waals surface area contributed by atoms with Gasteiger partial charge in [0.15, 0.2) is 11.6 Å². The van der Waals surface area contributed by atoms with Gasteiger partial charge >= 0.3 is 0 Å². The molecule has 2 heterocycles. The molecule has 0 unspecified atom stereocenters. The number of amides is 1. The Morgan fingerprint density at radius 1 is 1.20 bits per heavy atom. The number of hydrogen-bond donors (Lipinski definition) is 4. The van der Waals surface area contributed by atoms with E-state index < -0.39 is 5.82 Å². The van der Waals surface area contributed by atoms with Crippen LogP contribution in [-0.4, -0.2) is 32.6 Å². The molecule has 2 aromatic carbocycles. The van der Waals surface area contributed by atoms with Gasteiger partial charge in [-0.2, -0.15) is 0 Å². The number of aromatic nitrogens is 3. The second-order valence-corrected chi connectivity index (χ2v) is 7.59. The second kappa shape index (κ2) is 10.8. The summed E-state index contributed by atoms with van der Waals surface area (Å²) in [5, 5.41) is 14.8. The van der Waals surface area contributed by atoms with E-state index in [1.54, 1.807) is 30.3 Å². The molecule has 0 radical (unpaired) electrons. The molecule has 0 spiro atoms. The summed E-state index contributed by atoms with van der Waals surface area (Å²) in [7, 11) is 0. The average molecular weight is 499 g/mol. The maximum absolute atomic E-state index is 13.9. The number of anilines is 3. The topological polar surface area (TPSA) is 148 Å². The van der Waals surface area contributed by atoms with E-state index in [9.17, 15) is 9.18 Å². The van der Waals surface area contributed by atoms with Gasteiger partial charge in [0.25, 0.3) is 0 Å². The SMILES string of the molecule is Nc1ncnc(Nc2ccc(Oc3ccccc3F)c(Cl)c2)c1-c1nc(CNC(=O)CCO)co1. The molecule has 12 heteroatoms. The van der Waals surface area contributed by atoms with E-state index in [4.69, 9.17) is 31.6 Å². The molecule has 1 amide bonds. The molecule has 10 nitrogen and oxygen atoms in total. The third-order valence-corrected chi connectivity index (χ3v) is 4.99. The highest BCUT2D eigenvalue weighted by atomic mass is 35.5. The number of carbonyl (C=O) groups excluding carboxylic acids is 1. The fraction of sp³-hybridized carbons (Fsp3) is 0.130. The van der Waals surface area contributed by atoms with Crippen molar-refractivity contribution < 1.29 is 23.4 Å². The van der Waals surface area contributed by atoms with Crippen molar-refractivity contribution in [1.82, 2.24) is 20.3 Å². The minimum atomic E-state index is -0.509. The lowest BCUT2D eigenvalue weighted by atomic mass is 10.2. The molecule has 0 aliphatic heterocycles. The van der Waals surface area contributed by atoms with Crippen molar-refractivity contribution in [1.29, 1.82) is 0 Å². The van der Waals surface area contributed by atoms with Gasteiger partial charge < -0.3 is 30.6 Å². The lowest BCUT2D eigenvalue weighted by molar-refractivity contribution is -0.121. The van der Waals surface area contributed by atoms with Crippen LogP contribution >= 0.6 is 11.6 Å². The van der Waals surface area contributed by atoms with E-state index in [2.05, 4.69) is 25.6 Å². The highest BCUT2D eigenvalue weighted by Gasteiger charge is 2.18. The summed E-state index contributed by atoms with van der Waals surface area (Å²) in [6, 6.07) is 10.8. The van der Waals surface area contributed by atoms with E-state index in [1.807, 2.05) is 0 Å².